The van der Waals surface area contributed by atoms with Crippen molar-refractivity contribution < 1.29 is 8.42 Å². The first-order valence-electron chi connectivity index (χ1n) is 6.07. The Hall–Kier alpha value is 0.160. The summed E-state index contributed by atoms with van der Waals surface area (Å²) in [5.41, 5.74) is 0. The van der Waals surface area contributed by atoms with Gasteiger partial charge in [0.15, 0.2) is 0 Å². The summed E-state index contributed by atoms with van der Waals surface area (Å²) in [6.07, 6.45) is 4.48. The second-order valence-electron chi connectivity index (χ2n) is 4.87. The van der Waals surface area contributed by atoms with Crippen molar-refractivity contribution in [1.82, 2.24) is 9.21 Å². The average molecular weight is 285 g/mol. The van der Waals surface area contributed by atoms with E-state index in [1.54, 1.807) is 4.31 Å². The first kappa shape index (κ1) is 17.2. The third kappa shape index (κ3) is 6.04. The summed E-state index contributed by atoms with van der Waals surface area (Å²) in [7, 11) is -0.823. The van der Waals surface area contributed by atoms with Crippen LogP contribution >= 0.6 is 12.4 Å². The van der Waals surface area contributed by atoms with Gasteiger partial charge in [-0.05, 0) is 38.8 Å². The third-order valence-corrected chi connectivity index (χ3v) is 4.52. The molecule has 0 atom stereocenters. The molecule has 1 rings (SSSR count). The van der Waals surface area contributed by atoms with E-state index in [0.29, 0.717) is 19.0 Å². The fourth-order valence-corrected chi connectivity index (χ4v) is 3.21. The van der Waals surface area contributed by atoms with E-state index >= 15 is 0 Å². The predicted molar refractivity (Wildman–Crippen MR) is 74.2 cm³/mol. The minimum absolute atomic E-state index is 0. The van der Waals surface area contributed by atoms with Crippen molar-refractivity contribution in [3.05, 3.63) is 0 Å². The molecule has 0 spiro atoms. The largest absolute Gasteiger partial charge is 0.306 e. The van der Waals surface area contributed by atoms with Crippen molar-refractivity contribution in [3.8, 4) is 0 Å². The lowest BCUT2D eigenvalue weighted by Gasteiger charge is -2.32. The number of hydrogen-bond acceptors (Lipinski definition) is 3. The fraction of sp³-hybridized carbons (Fsp3) is 1.00. The summed E-state index contributed by atoms with van der Waals surface area (Å²) in [4.78, 5) is 2.35. The molecule has 0 bridgehead atoms. The number of nitrogens with zero attached hydrogens (tertiary/aromatic N) is 2. The normalized spacial score (nSPS) is 19.3. The zero-order valence-electron chi connectivity index (χ0n) is 11.1. The molecule has 17 heavy (non-hydrogen) atoms. The molecule has 0 radical (unpaired) electrons. The zero-order valence-corrected chi connectivity index (χ0v) is 12.7. The zero-order chi connectivity index (χ0) is 12.2. The lowest BCUT2D eigenvalue weighted by molar-refractivity contribution is 0.206. The second kappa shape index (κ2) is 7.56. The van der Waals surface area contributed by atoms with Gasteiger partial charge in [-0.3, -0.25) is 0 Å². The molecule has 0 N–H and O–H groups in total. The van der Waals surface area contributed by atoms with Crippen molar-refractivity contribution in [2.75, 3.05) is 39.5 Å². The fourth-order valence-electron chi connectivity index (χ4n) is 2.34. The van der Waals surface area contributed by atoms with Gasteiger partial charge in [-0.2, -0.15) is 0 Å². The predicted octanol–water partition coefficient (Wildman–Crippen LogP) is 1.42. The highest BCUT2D eigenvalue weighted by Gasteiger charge is 2.25. The standard InChI is InChI=1S/C11H24N2O2S.ClH/c1-4-7-12(2)10-11-5-8-13(9-6-11)16(3,14)15;/h11H,4-10H2,1-3H3;1H. The van der Waals surface area contributed by atoms with E-state index in [9.17, 15) is 8.42 Å². The Balaban J connectivity index is 0.00000256. The van der Waals surface area contributed by atoms with E-state index in [0.717, 1.165) is 25.9 Å². The van der Waals surface area contributed by atoms with Gasteiger partial charge < -0.3 is 4.90 Å². The van der Waals surface area contributed by atoms with Gasteiger partial charge in [0.1, 0.15) is 0 Å². The van der Waals surface area contributed by atoms with Crippen molar-refractivity contribution in [1.29, 1.82) is 0 Å². The lowest BCUT2D eigenvalue weighted by Crippen LogP contribution is -2.40. The molecule has 1 heterocycles. The Morgan fingerprint density at radius 2 is 1.82 bits per heavy atom. The average Bonchev–Trinajstić information content (AvgIpc) is 2.17. The Morgan fingerprint density at radius 1 is 1.29 bits per heavy atom. The molecule has 1 aliphatic rings. The minimum Gasteiger partial charge on any atom is -0.306 e. The molecule has 0 aromatic carbocycles. The molecule has 4 nitrogen and oxygen atoms in total. The van der Waals surface area contributed by atoms with Crippen molar-refractivity contribution >= 4 is 22.4 Å². The molecule has 0 unspecified atom stereocenters. The van der Waals surface area contributed by atoms with E-state index in [4.69, 9.17) is 0 Å². The van der Waals surface area contributed by atoms with Crippen LogP contribution in [-0.2, 0) is 10.0 Å². The van der Waals surface area contributed by atoms with Crippen LogP contribution in [0.1, 0.15) is 26.2 Å². The Bertz CT molecular complexity index is 301. The van der Waals surface area contributed by atoms with Crippen LogP contribution in [0.3, 0.4) is 0 Å². The molecule has 0 aromatic heterocycles. The van der Waals surface area contributed by atoms with Crippen molar-refractivity contribution in [2.24, 2.45) is 5.92 Å². The molecule has 104 valence electrons. The molecule has 1 aliphatic heterocycles. The summed E-state index contributed by atoms with van der Waals surface area (Å²) in [5.74, 6) is 0.662. The van der Waals surface area contributed by atoms with Crippen LogP contribution in [0.5, 0.6) is 0 Å². The molecule has 6 heteroatoms. The first-order valence-corrected chi connectivity index (χ1v) is 7.92. The number of piperidine rings is 1. The molecule has 0 saturated carbocycles. The van der Waals surface area contributed by atoms with Gasteiger partial charge in [0.05, 0.1) is 6.26 Å². The summed E-state index contributed by atoms with van der Waals surface area (Å²) in [6.45, 7) is 5.81. The van der Waals surface area contributed by atoms with E-state index in [-0.39, 0.29) is 12.4 Å². The van der Waals surface area contributed by atoms with Crippen LogP contribution in [0.15, 0.2) is 0 Å². The van der Waals surface area contributed by atoms with Crippen LogP contribution in [0, 0.1) is 5.92 Å². The first-order chi connectivity index (χ1) is 7.43. The SMILES string of the molecule is CCCN(C)CC1CCN(S(C)(=O)=O)CC1.Cl. The number of hydrogen-bond donors (Lipinski definition) is 0. The summed E-state index contributed by atoms with van der Waals surface area (Å²) in [5, 5.41) is 0. The van der Waals surface area contributed by atoms with E-state index in [1.165, 1.54) is 12.7 Å². The summed E-state index contributed by atoms with van der Waals surface area (Å²) >= 11 is 0. The van der Waals surface area contributed by atoms with Gasteiger partial charge in [0.2, 0.25) is 10.0 Å². The summed E-state index contributed by atoms with van der Waals surface area (Å²) in [6, 6.07) is 0. The molecule has 0 aliphatic carbocycles. The van der Waals surface area contributed by atoms with E-state index in [1.807, 2.05) is 0 Å². The van der Waals surface area contributed by atoms with Crippen LogP contribution in [0.4, 0.5) is 0 Å². The second-order valence-corrected chi connectivity index (χ2v) is 6.85. The number of rotatable bonds is 5. The highest BCUT2D eigenvalue weighted by atomic mass is 35.5. The molecule has 0 amide bonds. The van der Waals surface area contributed by atoms with Crippen molar-refractivity contribution in [2.45, 2.75) is 26.2 Å². The van der Waals surface area contributed by atoms with Gasteiger partial charge in [-0.1, -0.05) is 6.92 Å². The number of halogens is 1. The topological polar surface area (TPSA) is 40.6 Å². The molecular weight excluding hydrogens is 260 g/mol. The van der Waals surface area contributed by atoms with Gasteiger partial charge in [0.25, 0.3) is 0 Å². The molecule has 1 saturated heterocycles. The van der Waals surface area contributed by atoms with Crippen LogP contribution in [-0.4, -0.2) is 57.1 Å². The molecule has 1 fully saturated rings. The molecule has 0 aromatic rings. The highest BCUT2D eigenvalue weighted by Crippen LogP contribution is 2.19. The maximum atomic E-state index is 11.3. The van der Waals surface area contributed by atoms with Gasteiger partial charge in [-0.15, -0.1) is 12.4 Å². The van der Waals surface area contributed by atoms with Crippen LogP contribution in [0.25, 0.3) is 0 Å². The maximum Gasteiger partial charge on any atom is 0.211 e. The van der Waals surface area contributed by atoms with Gasteiger partial charge >= 0.3 is 0 Å². The monoisotopic (exact) mass is 284 g/mol. The molecular formula is C11H25ClN2O2S. The van der Waals surface area contributed by atoms with E-state index in [2.05, 4.69) is 18.9 Å². The summed E-state index contributed by atoms with van der Waals surface area (Å²) < 4.78 is 24.3. The smallest absolute Gasteiger partial charge is 0.211 e. The highest BCUT2D eigenvalue weighted by molar-refractivity contribution is 7.88. The maximum absolute atomic E-state index is 11.3. The van der Waals surface area contributed by atoms with Crippen LogP contribution in [0.2, 0.25) is 0 Å². The Kier molecular flexibility index (Phi) is 7.63. The minimum atomic E-state index is -2.97. The third-order valence-electron chi connectivity index (χ3n) is 3.22. The Morgan fingerprint density at radius 3 is 2.24 bits per heavy atom. The van der Waals surface area contributed by atoms with Crippen LogP contribution < -0.4 is 0 Å². The van der Waals surface area contributed by atoms with Gasteiger partial charge in [-0.25, -0.2) is 12.7 Å². The van der Waals surface area contributed by atoms with Crippen molar-refractivity contribution in [3.63, 3.8) is 0 Å². The number of sulfonamides is 1. The quantitative estimate of drug-likeness (QED) is 0.767. The lowest BCUT2D eigenvalue weighted by atomic mass is 9.97. The Labute approximate surface area is 112 Å². The van der Waals surface area contributed by atoms with Gasteiger partial charge in [0, 0.05) is 19.6 Å². The van der Waals surface area contributed by atoms with E-state index < -0.39 is 10.0 Å².